The monoisotopic (exact) mass is 435 g/mol. The van der Waals surface area contributed by atoms with Crippen molar-refractivity contribution in [3.05, 3.63) is 83.3 Å². The molecule has 6 nitrogen and oxygen atoms in total. The van der Waals surface area contributed by atoms with Crippen LogP contribution in [-0.2, 0) is 6.61 Å². The van der Waals surface area contributed by atoms with Crippen LogP contribution in [-0.4, -0.2) is 19.1 Å². The molecule has 31 heavy (non-hydrogen) atoms. The fourth-order valence-corrected chi connectivity index (χ4v) is 3.53. The van der Waals surface area contributed by atoms with Crippen LogP contribution in [0.5, 0.6) is 17.2 Å². The molecule has 2 heterocycles. The second-order valence-corrected chi connectivity index (χ2v) is 7.40. The molecule has 0 radical (unpaired) electrons. The normalized spacial score (nSPS) is 12.5. The summed E-state index contributed by atoms with van der Waals surface area (Å²) in [6.07, 6.45) is 0. The van der Waals surface area contributed by atoms with E-state index in [0.29, 0.717) is 41.2 Å². The number of furan rings is 1. The Morgan fingerprint density at radius 3 is 2.55 bits per heavy atom. The lowest BCUT2D eigenvalue weighted by molar-refractivity contribution is 0.0992. The summed E-state index contributed by atoms with van der Waals surface area (Å²) in [6, 6.07) is 20.5. The van der Waals surface area contributed by atoms with Crippen molar-refractivity contribution in [3.63, 3.8) is 0 Å². The third-order valence-electron chi connectivity index (χ3n) is 4.87. The Bertz CT molecular complexity index is 1270. The molecule has 7 heteroatoms. The third-order valence-corrected chi connectivity index (χ3v) is 5.18. The molecule has 1 aliphatic heterocycles. The van der Waals surface area contributed by atoms with E-state index in [9.17, 15) is 4.79 Å². The molecule has 0 aliphatic carbocycles. The molecule has 0 unspecified atom stereocenters. The first-order valence-electron chi connectivity index (χ1n) is 9.76. The van der Waals surface area contributed by atoms with Crippen LogP contribution >= 0.6 is 11.6 Å². The van der Waals surface area contributed by atoms with Gasteiger partial charge in [-0.3, -0.25) is 4.79 Å². The molecule has 1 aliphatic rings. The molecule has 0 saturated carbocycles. The molecular formula is C24H18ClNO5. The number of fused-ring (bicyclic) bond motifs is 2. The fraction of sp³-hybridized carbons (Fsp3) is 0.125. The van der Waals surface area contributed by atoms with E-state index in [4.69, 9.17) is 30.2 Å². The number of halogens is 1. The number of ether oxygens (including phenoxy) is 3. The average Bonchev–Trinajstić information content (AvgIpc) is 3.27. The van der Waals surface area contributed by atoms with Gasteiger partial charge in [-0.05, 0) is 35.0 Å². The number of carbonyl (C=O) groups is 1. The summed E-state index contributed by atoms with van der Waals surface area (Å²) in [6.45, 7) is 1.11. The van der Waals surface area contributed by atoms with Crippen molar-refractivity contribution < 1.29 is 23.4 Å². The van der Waals surface area contributed by atoms with Crippen LogP contribution in [0.15, 0.2) is 71.1 Å². The average molecular weight is 436 g/mol. The fourth-order valence-electron chi connectivity index (χ4n) is 3.33. The highest BCUT2D eigenvalue weighted by Gasteiger charge is 2.18. The zero-order chi connectivity index (χ0) is 21.2. The lowest BCUT2D eigenvalue weighted by atomic mass is 10.1. The van der Waals surface area contributed by atoms with Crippen molar-refractivity contribution in [1.29, 1.82) is 0 Å². The molecule has 0 bridgehead atoms. The van der Waals surface area contributed by atoms with E-state index in [1.165, 1.54) is 0 Å². The van der Waals surface area contributed by atoms with Gasteiger partial charge in [0.05, 0.1) is 10.7 Å². The van der Waals surface area contributed by atoms with E-state index in [0.717, 1.165) is 16.5 Å². The van der Waals surface area contributed by atoms with Gasteiger partial charge in [0.1, 0.15) is 31.3 Å². The quantitative estimate of drug-likeness (QED) is 0.436. The molecule has 0 atom stereocenters. The van der Waals surface area contributed by atoms with Crippen LogP contribution in [0.3, 0.4) is 0 Å². The van der Waals surface area contributed by atoms with Gasteiger partial charge in [0.2, 0.25) is 0 Å². The van der Waals surface area contributed by atoms with Crippen LogP contribution in [0.4, 0.5) is 5.69 Å². The first kappa shape index (κ1) is 19.3. The summed E-state index contributed by atoms with van der Waals surface area (Å²) in [7, 11) is 0. The Kier molecular flexibility index (Phi) is 5.14. The number of benzene rings is 3. The predicted octanol–water partition coefficient (Wildman–Crippen LogP) is 5.69. The Hall–Kier alpha value is -3.64. The molecule has 0 spiro atoms. The van der Waals surface area contributed by atoms with E-state index in [1.54, 1.807) is 24.3 Å². The van der Waals surface area contributed by atoms with Gasteiger partial charge in [-0.1, -0.05) is 41.9 Å². The van der Waals surface area contributed by atoms with Crippen molar-refractivity contribution >= 4 is 34.0 Å². The van der Waals surface area contributed by atoms with Gasteiger partial charge >= 0.3 is 0 Å². The van der Waals surface area contributed by atoms with Gasteiger partial charge in [-0.2, -0.15) is 0 Å². The molecule has 3 aromatic carbocycles. The van der Waals surface area contributed by atoms with E-state index in [2.05, 4.69) is 5.32 Å². The topological polar surface area (TPSA) is 69.9 Å². The highest BCUT2D eigenvalue weighted by Crippen LogP contribution is 2.38. The van der Waals surface area contributed by atoms with Crippen molar-refractivity contribution in [1.82, 2.24) is 0 Å². The highest BCUT2D eigenvalue weighted by molar-refractivity contribution is 6.34. The van der Waals surface area contributed by atoms with Gasteiger partial charge in [0.25, 0.3) is 5.91 Å². The lowest BCUT2D eigenvalue weighted by Gasteiger charge is -2.19. The second kappa shape index (κ2) is 8.24. The highest BCUT2D eigenvalue weighted by atomic mass is 35.5. The molecule has 5 rings (SSSR count). The maximum atomic E-state index is 12.6. The molecule has 156 valence electrons. The standard InChI is InChI=1S/C24H18ClNO5/c25-19-12-22-23(29-10-9-28-22)13-20(19)26-24(27)21-8-7-18(31-21)14-30-17-6-5-15-3-1-2-4-16(15)11-17/h1-8,11-13H,9-10,14H2,(H,26,27). The maximum absolute atomic E-state index is 12.6. The minimum atomic E-state index is -0.421. The van der Waals surface area contributed by atoms with Crippen LogP contribution in [0, 0.1) is 0 Å². The molecule has 0 fully saturated rings. The Labute approximate surface area is 183 Å². The zero-order valence-corrected chi connectivity index (χ0v) is 17.1. The summed E-state index contributed by atoms with van der Waals surface area (Å²) in [4.78, 5) is 12.6. The van der Waals surface area contributed by atoms with Crippen LogP contribution in [0.1, 0.15) is 16.3 Å². The summed E-state index contributed by atoms with van der Waals surface area (Å²) in [5.74, 6) is 2.09. The predicted molar refractivity (Wildman–Crippen MR) is 117 cm³/mol. The van der Waals surface area contributed by atoms with Gasteiger partial charge < -0.3 is 23.9 Å². The smallest absolute Gasteiger partial charge is 0.291 e. The van der Waals surface area contributed by atoms with Gasteiger partial charge in [-0.25, -0.2) is 0 Å². The number of rotatable bonds is 5. The largest absolute Gasteiger partial charge is 0.486 e. The minimum Gasteiger partial charge on any atom is -0.486 e. The summed E-state index contributed by atoms with van der Waals surface area (Å²) >= 11 is 6.26. The molecule has 1 amide bonds. The second-order valence-electron chi connectivity index (χ2n) is 6.99. The molecule has 4 aromatic rings. The number of hydrogen-bond acceptors (Lipinski definition) is 5. The Morgan fingerprint density at radius 2 is 1.71 bits per heavy atom. The third kappa shape index (κ3) is 4.15. The summed E-state index contributed by atoms with van der Waals surface area (Å²) < 4.78 is 22.5. The van der Waals surface area contributed by atoms with Gasteiger partial charge in [-0.15, -0.1) is 0 Å². The van der Waals surface area contributed by atoms with Gasteiger partial charge in [0, 0.05) is 12.1 Å². The minimum absolute atomic E-state index is 0.156. The summed E-state index contributed by atoms with van der Waals surface area (Å²) in [5.41, 5.74) is 0.418. The maximum Gasteiger partial charge on any atom is 0.291 e. The van der Waals surface area contributed by atoms with Crippen molar-refractivity contribution in [2.45, 2.75) is 6.61 Å². The van der Waals surface area contributed by atoms with Crippen LogP contribution in [0.25, 0.3) is 10.8 Å². The molecule has 1 aromatic heterocycles. The van der Waals surface area contributed by atoms with Crippen LogP contribution in [0.2, 0.25) is 5.02 Å². The number of carbonyl (C=O) groups excluding carboxylic acids is 1. The number of anilines is 1. The molecule has 1 N–H and O–H groups in total. The van der Waals surface area contributed by atoms with E-state index >= 15 is 0 Å². The van der Waals surface area contributed by atoms with Crippen molar-refractivity contribution in [3.8, 4) is 17.2 Å². The van der Waals surface area contributed by atoms with E-state index < -0.39 is 5.91 Å². The first-order valence-corrected chi connectivity index (χ1v) is 10.1. The van der Waals surface area contributed by atoms with Crippen molar-refractivity contribution in [2.75, 3.05) is 18.5 Å². The molecular weight excluding hydrogens is 418 g/mol. The number of hydrogen-bond donors (Lipinski definition) is 1. The first-order chi connectivity index (χ1) is 15.2. The van der Waals surface area contributed by atoms with Crippen molar-refractivity contribution in [2.24, 2.45) is 0 Å². The van der Waals surface area contributed by atoms with E-state index in [1.807, 2.05) is 42.5 Å². The number of amides is 1. The van der Waals surface area contributed by atoms with Crippen LogP contribution < -0.4 is 19.5 Å². The molecule has 0 saturated heterocycles. The lowest BCUT2D eigenvalue weighted by Crippen LogP contribution is -2.16. The zero-order valence-electron chi connectivity index (χ0n) is 16.4. The number of nitrogens with one attached hydrogen (secondary N) is 1. The Morgan fingerprint density at radius 1 is 0.935 bits per heavy atom. The summed E-state index contributed by atoms with van der Waals surface area (Å²) in [5, 5.41) is 5.33. The van der Waals surface area contributed by atoms with E-state index in [-0.39, 0.29) is 12.4 Å². The Balaban J connectivity index is 1.25. The van der Waals surface area contributed by atoms with Gasteiger partial charge in [0.15, 0.2) is 17.3 Å². The SMILES string of the molecule is O=C(Nc1cc2c(cc1Cl)OCCO2)c1ccc(COc2ccc3ccccc3c2)o1.